The van der Waals surface area contributed by atoms with Crippen LogP contribution in [0.3, 0.4) is 0 Å². The minimum atomic E-state index is -4.32. The SMILES string of the molecule is CCOC(=O)CN1C(=O)c2cccc(c2)S(=O)(=O)N(COC)c2nc(cc(-c3c(C)cccc3C)n2)OC[C@H]1CC(C)C. The van der Waals surface area contributed by atoms with Crippen LogP contribution in [-0.4, -0.2) is 74.8 Å². The zero-order valence-corrected chi connectivity index (χ0v) is 26.2. The van der Waals surface area contributed by atoms with Crippen molar-refractivity contribution >= 4 is 27.8 Å². The molecule has 1 atom stereocenters. The van der Waals surface area contributed by atoms with E-state index in [-0.39, 0.29) is 54.7 Å². The smallest absolute Gasteiger partial charge is 0.325 e. The van der Waals surface area contributed by atoms with Crippen LogP contribution in [-0.2, 0) is 24.3 Å². The molecule has 11 nitrogen and oxygen atoms in total. The molecule has 0 aliphatic carbocycles. The molecule has 1 aromatic heterocycles. The summed E-state index contributed by atoms with van der Waals surface area (Å²) in [5.41, 5.74) is 3.25. The fourth-order valence-corrected chi connectivity index (χ4v) is 6.42. The summed E-state index contributed by atoms with van der Waals surface area (Å²) in [5, 5.41) is 0. The fraction of sp³-hybridized carbons (Fsp3) is 0.419. The molecule has 3 aromatic rings. The molecule has 2 heterocycles. The van der Waals surface area contributed by atoms with Gasteiger partial charge in [0.1, 0.15) is 19.9 Å². The number of benzene rings is 2. The Morgan fingerprint density at radius 2 is 1.79 bits per heavy atom. The monoisotopic (exact) mass is 610 g/mol. The van der Waals surface area contributed by atoms with Gasteiger partial charge in [-0.2, -0.15) is 4.98 Å². The summed E-state index contributed by atoms with van der Waals surface area (Å²) in [6.07, 6.45) is 0.501. The fourth-order valence-electron chi connectivity index (χ4n) is 5.10. The Bertz CT molecular complexity index is 1570. The van der Waals surface area contributed by atoms with Crippen molar-refractivity contribution in [3.8, 4) is 17.1 Å². The van der Waals surface area contributed by atoms with Gasteiger partial charge in [0.05, 0.1) is 23.2 Å². The van der Waals surface area contributed by atoms with E-state index in [1.165, 1.54) is 36.3 Å². The van der Waals surface area contributed by atoms with E-state index in [4.69, 9.17) is 14.2 Å². The number of methoxy groups -OCH3 is 1. The topological polar surface area (TPSA) is 128 Å². The van der Waals surface area contributed by atoms with E-state index in [0.717, 1.165) is 21.0 Å². The largest absolute Gasteiger partial charge is 0.475 e. The van der Waals surface area contributed by atoms with Gasteiger partial charge in [-0.1, -0.05) is 38.1 Å². The summed E-state index contributed by atoms with van der Waals surface area (Å²) in [5.74, 6) is -0.993. The van der Waals surface area contributed by atoms with Crippen LogP contribution in [0.5, 0.6) is 5.88 Å². The average molecular weight is 611 g/mol. The first-order chi connectivity index (χ1) is 20.5. The van der Waals surface area contributed by atoms with Crippen molar-refractivity contribution in [3.63, 3.8) is 0 Å². The molecule has 0 saturated carbocycles. The molecule has 0 spiro atoms. The van der Waals surface area contributed by atoms with Crippen molar-refractivity contribution in [1.82, 2.24) is 14.9 Å². The summed E-state index contributed by atoms with van der Waals surface area (Å²) >= 11 is 0. The van der Waals surface area contributed by atoms with Crippen LogP contribution in [0.1, 0.15) is 48.7 Å². The Hall–Kier alpha value is -4.03. The number of anilines is 1. The molecule has 230 valence electrons. The van der Waals surface area contributed by atoms with E-state index in [2.05, 4.69) is 9.97 Å². The van der Waals surface area contributed by atoms with Crippen LogP contribution < -0.4 is 9.04 Å². The minimum absolute atomic E-state index is 0.0112. The zero-order chi connectivity index (χ0) is 31.3. The molecule has 2 aromatic carbocycles. The van der Waals surface area contributed by atoms with Gasteiger partial charge >= 0.3 is 5.97 Å². The van der Waals surface area contributed by atoms with Crippen LogP contribution in [0.2, 0.25) is 0 Å². The number of rotatable bonds is 8. The molecular weight excluding hydrogens is 572 g/mol. The van der Waals surface area contributed by atoms with Crippen molar-refractivity contribution in [3.05, 3.63) is 65.2 Å². The van der Waals surface area contributed by atoms with Crippen molar-refractivity contribution < 1.29 is 32.2 Å². The predicted molar refractivity (Wildman–Crippen MR) is 161 cm³/mol. The molecule has 0 radical (unpaired) electrons. The standard InChI is InChI=1S/C31H38N4O7S/c1-7-41-28(36)17-34-24(14-20(2)3)18-42-27-16-26(29-21(4)10-8-11-22(29)5)32-31(33-27)35(19-40-6)43(38,39)25-13-9-12-23(15-25)30(34)37/h8-13,15-16,20,24H,7,14,17-19H2,1-6H3/t24-/m1/s1. The maximum absolute atomic E-state index is 14.1. The van der Waals surface area contributed by atoms with E-state index < -0.39 is 27.9 Å². The van der Waals surface area contributed by atoms with Gasteiger partial charge in [-0.05, 0) is 62.4 Å². The highest BCUT2D eigenvalue weighted by molar-refractivity contribution is 7.92. The third-order valence-corrected chi connectivity index (χ3v) is 8.74. The summed E-state index contributed by atoms with van der Waals surface area (Å²) in [6.45, 7) is 9.01. The predicted octanol–water partition coefficient (Wildman–Crippen LogP) is 4.37. The van der Waals surface area contributed by atoms with Gasteiger partial charge in [0.15, 0.2) is 0 Å². The lowest BCUT2D eigenvalue weighted by Crippen LogP contribution is -2.47. The lowest BCUT2D eigenvalue weighted by atomic mass is 10.00. The Labute approximate surface area is 252 Å². The number of hydrogen-bond donors (Lipinski definition) is 0. The molecule has 43 heavy (non-hydrogen) atoms. The highest BCUT2D eigenvalue weighted by Gasteiger charge is 2.33. The quantitative estimate of drug-likeness (QED) is 0.342. The molecule has 0 fully saturated rings. The van der Waals surface area contributed by atoms with Gasteiger partial charge in [0, 0.05) is 24.3 Å². The Morgan fingerprint density at radius 1 is 1.09 bits per heavy atom. The van der Waals surface area contributed by atoms with E-state index in [9.17, 15) is 18.0 Å². The maximum atomic E-state index is 14.1. The van der Waals surface area contributed by atoms with E-state index in [0.29, 0.717) is 12.1 Å². The number of esters is 1. The number of fused-ring (bicyclic) bond motifs is 4. The van der Waals surface area contributed by atoms with Gasteiger partial charge in [-0.3, -0.25) is 9.59 Å². The summed E-state index contributed by atoms with van der Waals surface area (Å²) < 4.78 is 45.8. The third-order valence-electron chi connectivity index (χ3n) is 7.04. The lowest BCUT2D eigenvalue weighted by molar-refractivity contribution is -0.144. The van der Waals surface area contributed by atoms with E-state index in [1.807, 2.05) is 45.9 Å². The molecule has 12 heteroatoms. The van der Waals surface area contributed by atoms with Crippen LogP contribution in [0.15, 0.2) is 53.4 Å². The molecule has 0 unspecified atom stereocenters. The molecule has 1 amide bonds. The normalized spacial score (nSPS) is 16.6. The van der Waals surface area contributed by atoms with Crippen molar-refractivity contribution in [2.45, 2.75) is 52.0 Å². The number of hydrogen-bond acceptors (Lipinski definition) is 9. The van der Waals surface area contributed by atoms with E-state index in [1.54, 1.807) is 13.0 Å². The van der Waals surface area contributed by atoms with Crippen molar-refractivity contribution in [2.75, 3.05) is 37.9 Å². The Morgan fingerprint density at radius 3 is 2.44 bits per heavy atom. The van der Waals surface area contributed by atoms with Gasteiger partial charge in [0.2, 0.25) is 11.8 Å². The van der Waals surface area contributed by atoms with Gasteiger partial charge in [-0.25, -0.2) is 17.7 Å². The van der Waals surface area contributed by atoms with Crippen molar-refractivity contribution in [2.24, 2.45) is 5.92 Å². The highest BCUT2D eigenvalue weighted by Crippen LogP contribution is 2.32. The van der Waals surface area contributed by atoms with Gasteiger partial charge < -0.3 is 19.1 Å². The van der Waals surface area contributed by atoms with Gasteiger partial charge in [0.25, 0.3) is 15.9 Å². The summed E-state index contributed by atoms with van der Waals surface area (Å²) in [7, 11) is -2.95. The first kappa shape index (κ1) is 31.9. The average Bonchev–Trinajstić information content (AvgIpc) is 2.96. The van der Waals surface area contributed by atoms with Crippen LogP contribution >= 0.6 is 0 Å². The third kappa shape index (κ3) is 7.14. The number of ether oxygens (including phenoxy) is 3. The molecule has 1 aliphatic rings. The maximum Gasteiger partial charge on any atom is 0.325 e. The first-order valence-corrected chi connectivity index (χ1v) is 15.6. The highest BCUT2D eigenvalue weighted by atomic mass is 32.2. The molecule has 0 saturated heterocycles. The second-order valence-corrected chi connectivity index (χ2v) is 12.7. The minimum Gasteiger partial charge on any atom is -0.475 e. The van der Waals surface area contributed by atoms with Crippen molar-refractivity contribution in [1.29, 1.82) is 0 Å². The van der Waals surface area contributed by atoms with E-state index >= 15 is 0 Å². The second-order valence-electron chi connectivity index (χ2n) is 10.8. The number of aryl methyl sites for hydroxylation is 2. The van der Waals surface area contributed by atoms with Crippen LogP contribution in [0.25, 0.3) is 11.3 Å². The second kappa shape index (κ2) is 13.5. The molecule has 4 bridgehead atoms. The molecular formula is C31H38N4O7S. The number of nitrogens with zero attached hydrogens (tertiary/aromatic N) is 4. The number of amides is 1. The Balaban J connectivity index is 1.97. The van der Waals surface area contributed by atoms with Crippen LogP contribution in [0, 0.1) is 19.8 Å². The Kier molecular flexibility index (Phi) is 10.0. The first-order valence-electron chi connectivity index (χ1n) is 14.1. The molecule has 1 aliphatic heterocycles. The number of sulfonamides is 1. The zero-order valence-electron chi connectivity index (χ0n) is 25.4. The van der Waals surface area contributed by atoms with Gasteiger partial charge in [-0.15, -0.1) is 0 Å². The number of carbonyl (C=O) groups excluding carboxylic acids is 2. The number of carbonyl (C=O) groups is 2. The molecule has 4 rings (SSSR count). The summed E-state index contributed by atoms with van der Waals surface area (Å²) in [6, 6.07) is 12.6. The number of aromatic nitrogens is 2. The van der Waals surface area contributed by atoms with Crippen LogP contribution in [0.4, 0.5) is 5.95 Å². The summed E-state index contributed by atoms with van der Waals surface area (Å²) in [4.78, 5) is 37.1. The lowest BCUT2D eigenvalue weighted by Gasteiger charge is -2.32. The molecule has 0 N–H and O–H groups in total.